The zero-order valence-corrected chi connectivity index (χ0v) is 41.3. The molecule has 0 aliphatic rings. The van der Waals surface area contributed by atoms with E-state index in [2.05, 4.69) is 31.3 Å². The molecule has 0 bridgehead atoms. The highest BCUT2D eigenvalue weighted by molar-refractivity contribution is 5.76. The van der Waals surface area contributed by atoms with Crippen LogP contribution in [0.15, 0.2) is 12.2 Å². The summed E-state index contributed by atoms with van der Waals surface area (Å²) in [5.41, 5.74) is 0. The summed E-state index contributed by atoms with van der Waals surface area (Å²) in [6.45, 7) is 4.39. The van der Waals surface area contributed by atoms with E-state index in [-0.39, 0.29) is 12.5 Å². The minimum atomic E-state index is -0.655. The minimum absolute atomic E-state index is 0.0258. The Morgan fingerprint density at radius 2 is 0.633 bits per heavy atom. The smallest absolute Gasteiger partial charge is 0.220 e. The van der Waals surface area contributed by atoms with E-state index in [1.54, 1.807) is 0 Å². The molecule has 0 heterocycles. The van der Waals surface area contributed by atoms with Crippen molar-refractivity contribution < 1.29 is 15.0 Å². The maximum atomic E-state index is 12.4. The third kappa shape index (κ3) is 48.2. The summed E-state index contributed by atoms with van der Waals surface area (Å²) in [5.74, 6) is -0.0258. The molecule has 4 heteroatoms. The lowest BCUT2D eigenvalue weighted by Gasteiger charge is -2.22. The first kappa shape index (κ1) is 59.1. The van der Waals surface area contributed by atoms with E-state index < -0.39 is 12.1 Å². The first-order valence-electron chi connectivity index (χ1n) is 27.9. The van der Waals surface area contributed by atoms with E-state index in [0.29, 0.717) is 12.8 Å². The third-order valence-corrected chi connectivity index (χ3v) is 13.3. The van der Waals surface area contributed by atoms with E-state index >= 15 is 0 Å². The van der Waals surface area contributed by atoms with Crippen molar-refractivity contribution in [3.05, 3.63) is 12.2 Å². The van der Waals surface area contributed by atoms with E-state index in [1.165, 1.54) is 270 Å². The standard InChI is InChI=1S/C56H111NO3/c1-3-5-7-9-11-13-15-17-18-19-20-21-22-23-24-25-26-27-28-29-30-31-32-33-34-35-36-37-38-40-42-44-46-48-50-52-56(60)57-54(53-58)55(59)51-49-47-45-43-41-39-16-14-12-10-8-6-4-2/h25-26,54-55,58-59H,3-24,27-53H2,1-2H3,(H,57,60)/b26-25-. The fraction of sp³-hybridized carbons (Fsp3) is 0.946. The number of unbranched alkanes of at least 4 members (excludes halogenated alkanes) is 43. The van der Waals surface area contributed by atoms with Crippen LogP contribution < -0.4 is 5.32 Å². The van der Waals surface area contributed by atoms with Crippen LogP contribution in [0.1, 0.15) is 322 Å². The Labute approximate surface area is 377 Å². The van der Waals surface area contributed by atoms with Crippen LogP contribution >= 0.6 is 0 Å². The van der Waals surface area contributed by atoms with Crippen molar-refractivity contribution in [3.63, 3.8) is 0 Å². The van der Waals surface area contributed by atoms with Crippen LogP contribution in [0.2, 0.25) is 0 Å². The second-order valence-electron chi connectivity index (χ2n) is 19.4. The van der Waals surface area contributed by atoms with Gasteiger partial charge in [-0.25, -0.2) is 0 Å². The molecule has 0 aromatic rings. The molecule has 2 unspecified atom stereocenters. The minimum Gasteiger partial charge on any atom is -0.394 e. The maximum Gasteiger partial charge on any atom is 0.220 e. The highest BCUT2D eigenvalue weighted by atomic mass is 16.3. The fourth-order valence-electron chi connectivity index (χ4n) is 9.01. The predicted molar refractivity (Wildman–Crippen MR) is 267 cm³/mol. The molecule has 0 fully saturated rings. The van der Waals surface area contributed by atoms with Crippen molar-refractivity contribution in [2.45, 2.75) is 334 Å². The number of amides is 1. The Kier molecular flexibility index (Phi) is 51.7. The number of carbonyl (C=O) groups excluding carboxylic acids is 1. The van der Waals surface area contributed by atoms with Gasteiger partial charge in [-0.05, 0) is 38.5 Å². The lowest BCUT2D eigenvalue weighted by Crippen LogP contribution is -2.45. The average molecular weight is 847 g/mol. The average Bonchev–Trinajstić information content (AvgIpc) is 3.25. The van der Waals surface area contributed by atoms with Gasteiger partial charge in [-0.15, -0.1) is 0 Å². The van der Waals surface area contributed by atoms with Crippen molar-refractivity contribution in [2.75, 3.05) is 6.61 Å². The number of rotatable bonds is 52. The first-order valence-corrected chi connectivity index (χ1v) is 27.9. The molecule has 2 atom stereocenters. The third-order valence-electron chi connectivity index (χ3n) is 13.3. The van der Waals surface area contributed by atoms with Crippen molar-refractivity contribution in [1.29, 1.82) is 0 Å². The fourth-order valence-corrected chi connectivity index (χ4v) is 9.01. The van der Waals surface area contributed by atoms with Gasteiger partial charge >= 0.3 is 0 Å². The summed E-state index contributed by atoms with van der Waals surface area (Å²) >= 11 is 0. The Morgan fingerprint density at radius 3 is 0.917 bits per heavy atom. The van der Waals surface area contributed by atoms with E-state index in [9.17, 15) is 15.0 Å². The number of allylic oxidation sites excluding steroid dienone is 2. The monoisotopic (exact) mass is 846 g/mol. The molecule has 0 saturated heterocycles. The quantitative estimate of drug-likeness (QED) is 0.0422. The van der Waals surface area contributed by atoms with Crippen molar-refractivity contribution in [3.8, 4) is 0 Å². The van der Waals surface area contributed by atoms with Crippen LogP contribution in [0, 0.1) is 0 Å². The summed E-state index contributed by atoms with van der Waals surface area (Å²) in [6, 6.07) is -0.532. The first-order chi connectivity index (χ1) is 29.7. The van der Waals surface area contributed by atoms with Gasteiger partial charge in [-0.2, -0.15) is 0 Å². The lowest BCUT2D eigenvalue weighted by molar-refractivity contribution is -0.123. The molecule has 3 N–H and O–H groups in total. The molecule has 358 valence electrons. The van der Waals surface area contributed by atoms with E-state index in [0.717, 1.165) is 25.7 Å². The van der Waals surface area contributed by atoms with Crippen LogP contribution in [0.25, 0.3) is 0 Å². The van der Waals surface area contributed by atoms with Crippen LogP contribution in [-0.2, 0) is 4.79 Å². The zero-order chi connectivity index (χ0) is 43.5. The van der Waals surface area contributed by atoms with Gasteiger partial charge in [0.05, 0.1) is 18.8 Å². The molecule has 60 heavy (non-hydrogen) atoms. The van der Waals surface area contributed by atoms with Gasteiger partial charge in [0.1, 0.15) is 0 Å². The van der Waals surface area contributed by atoms with Crippen LogP contribution in [-0.4, -0.2) is 34.9 Å². The normalized spacial score (nSPS) is 12.8. The van der Waals surface area contributed by atoms with E-state index in [4.69, 9.17) is 0 Å². The van der Waals surface area contributed by atoms with Gasteiger partial charge in [0.15, 0.2) is 0 Å². The van der Waals surface area contributed by atoms with Crippen molar-refractivity contribution in [2.24, 2.45) is 0 Å². The van der Waals surface area contributed by atoms with Gasteiger partial charge in [-0.3, -0.25) is 4.79 Å². The molecule has 0 aromatic carbocycles. The highest BCUT2D eigenvalue weighted by Crippen LogP contribution is 2.18. The summed E-state index contributed by atoms with van der Waals surface area (Å²) in [7, 11) is 0. The van der Waals surface area contributed by atoms with Crippen molar-refractivity contribution >= 4 is 5.91 Å². The van der Waals surface area contributed by atoms with Gasteiger partial charge < -0.3 is 15.5 Å². The molecule has 0 rings (SSSR count). The molecule has 0 aliphatic heterocycles. The number of nitrogens with one attached hydrogen (secondary N) is 1. The molecular weight excluding hydrogens is 735 g/mol. The largest absolute Gasteiger partial charge is 0.394 e. The lowest BCUT2D eigenvalue weighted by atomic mass is 10.0. The Hall–Kier alpha value is -0.870. The van der Waals surface area contributed by atoms with Crippen LogP contribution in [0.3, 0.4) is 0 Å². The van der Waals surface area contributed by atoms with Crippen LogP contribution in [0.4, 0.5) is 0 Å². The molecular formula is C56H111NO3. The summed E-state index contributed by atoms with van der Waals surface area (Å²) in [4.78, 5) is 12.4. The number of aliphatic hydroxyl groups excluding tert-OH is 2. The summed E-state index contributed by atoms with van der Waals surface area (Å²) in [5, 5.41) is 23.2. The number of hydrogen-bond donors (Lipinski definition) is 3. The van der Waals surface area contributed by atoms with E-state index in [1.807, 2.05) is 0 Å². The van der Waals surface area contributed by atoms with Gasteiger partial charge in [0.25, 0.3) is 0 Å². The second-order valence-corrected chi connectivity index (χ2v) is 19.4. The number of carbonyl (C=O) groups is 1. The maximum absolute atomic E-state index is 12.4. The second kappa shape index (κ2) is 52.5. The molecule has 0 radical (unpaired) electrons. The molecule has 0 aromatic heterocycles. The molecule has 0 spiro atoms. The SMILES string of the molecule is CCCCCCCCCCCCCCCC/C=C\CCCCCCCCCCCCCCCCCCCC(=O)NC(CO)C(O)CCCCCCCCCCCCCCC. The topological polar surface area (TPSA) is 69.6 Å². The van der Waals surface area contributed by atoms with Crippen molar-refractivity contribution in [1.82, 2.24) is 5.32 Å². The number of aliphatic hydroxyl groups is 2. The van der Waals surface area contributed by atoms with Crippen LogP contribution in [0.5, 0.6) is 0 Å². The molecule has 1 amide bonds. The summed E-state index contributed by atoms with van der Waals surface area (Å²) < 4.78 is 0. The molecule has 0 saturated carbocycles. The Balaban J connectivity index is 3.36. The molecule has 4 nitrogen and oxygen atoms in total. The van der Waals surface area contributed by atoms with Gasteiger partial charge in [-0.1, -0.05) is 289 Å². The van der Waals surface area contributed by atoms with Gasteiger partial charge in [0, 0.05) is 6.42 Å². The summed E-state index contributed by atoms with van der Waals surface area (Å²) in [6.07, 6.45) is 67.8. The predicted octanol–water partition coefficient (Wildman–Crippen LogP) is 18.1. The Morgan fingerprint density at radius 1 is 0.383 bits per heavy atom. The Bertz CT molecular complexity index is 829. The number of hydrogen-bond acceptors (Lipinski definition) is 3. The zero-order valence-electron chi connectivity index (χ0n) is 41.3. The highest BCUT2D eigenvalue weighted by Gasteiger charge is 2.20. The molecule has 0 aliphatic carbocycles. The van der Waals surface area contributed by atoms with Gasteiger partial charge in [0.2, 0.25) is 5.91 Å².